The Morgan fingerprint density at radius 1 is 0.968 bits per heavy atom. The highest BCUT2D eigenvalue weighted by Gasteiger charge is 2.16. The van der Waals surface area contributed by atoms with E-state index in [2.05, 4.69) is 10.6 Å². The van der Waals surface area contributed by atoms with E-state index in [0.29, 0.717) is 17.0 Å². The number of anilines is 1. The maximum Gasteiger partial charge on any atom is 0.269 e. The van der Waals surface area contributed by atoms with Crippen LogP contribution in [0.1, 0.15) is 28.9 Å². The number of nitrogens with one attached hydrogen (secondary N) is 2. The number of benzene rings is 3. The molecule has 8 nitrogen and oxygen atoms in total. The number of amides is 2. The molecular weight excluding hydrogens is 398 g/mol. The molecule has 0 aliphatic carbocycles. The van der Waals surface area contributed by atoms with Crippen LogP contribution in [0.4, 0.5) is 11.4 Å². The zero-order chi connectivity index (χ0) is 22.2. The summed E-state index contributed by atoms with van der Waals surface area (Å²) in [5.41, 5.74) is 1.59. The van der Waals surface area contributed by atoms with Crippen molar-refractivity contribution in [3.8, 4) is 5.75 Å². The number of nitrogens with zero attached hydrogens (tertiary/aromatic N) is 1. The van der Waals surface area contributed by atoms with Crippen LogP contribution in [0.15, 0.2) is 78.9 Å². The number of nitro groups is 1. The van der Waals surface area contributed by atoms with Crippen LogP contribution in [0.3, 0.4) is 0 Å². The van der Waals surface area contributed by atoms with Gasteiger partial charge in [-0.15, -0.1) is 0 Å². The first-order chi connectivity index (χ1) is 14.9. The van der Waals surface area contributed by atoms with Crippen LogP contribution in [-0.4, -0.2) is 23.3 Å². The topological polar surface area (TPSA) is 111 Å². The van der Waals surface area contributed by atoms with Crippen molar-refractivity contribution in [2.75, 3.05) is 11.9 Å². The quantitative estimate of drug-likeness (QED) is 0.422. The molecule has 0 fully saturated rings. The number of carbonyl (C=O) groups excluding carboxylic acids is 2. The first-order valence-electron chi connectivity index (χ1n) is 9.56. The summed E-state index contributed by atoms with van der Waals surface area (Å²) in [6.45, 7) is 1.57. The Balaban J connectivity index is 1.61. The van der Waals surface area contributed by atoms with E-state index in [0.717, 1.165) is 5.56 Å². The summed E-state index contributed by atoms with van der Waals surface area (Å²) >= 11 is 0. The van der Waals surface area contributed by atoms with Gasteiger partial charge in [-0.25, -0.2) is 0 Å². The molecule has 8 heteroatoms. The van der Waals surface area contributed by atoms with Crippen molar-refractivity contribution >= 4 is 23.2 Å². The molecular formula is C23H21N3O5. The SMILES string of the molecule is C[C@@H](NC(=O)c1ccccc1NC(=O)COc1ccc([N+](=O)[O-])cc1)c1ccccc1. The number of ether oxygens (including phenoxy) is 1. The molecule has 2 amide bonds. The molecule has 0 aliphatic heterocycles. The molecule has 158 valence electrons. The molecule has 2 N–H and O–H groups in total. The molecule has 0 saturated heterocycles. The second kappa shape index (κ2) is 10.0. The molecule has 0 radical (unpaired) electrons. The summed E-state index contributed by atoms with van der Waals surface area (Å²) in [6.07, 6.45) is 0. The molecule has 0 unspecified atom stereocenters. The fourth-order valence-corrected chi connectivity index (χ4v) is 2.89. The Hall–Kier alpha value is -4.20. The summed E-state index contributed by atoms with van der Waals surface area (Å²) in [6, 6.07) is 21.4. The lowest BCUT2D eigenvalue weighted by Crippen LogP contribution is -2.28. The molecule has 0 bridgehead atoms. The zero-order valence-electron chi connectivity index (χ0n) is 16.8. The van der Waals surface area contributed by atoms with E-state index in [1.165, 1.54) is 24.3 Å². The van der Waals surface area contributed by atoms with E-state index in [1.54, 1.807) is 24.3 Å². The van der Waals surface area contributed by atoms with Crippen molar-refractivity contribution < 1.29 is 19.2 Å². The van der Waals surface area contributed by atoms with Crippen LogP contribution < -0.4 is 15.4 Å². The standard InChI is InChI=1S/C23H21N3O5/c1-16(17-7-3-2-4-8-17)24-23(28)20-9-5-6-10-21(20)25-22(27)15-31-19-13-11-18(12-14-19)26(29)30/h2-14,16H,15H2,1H3,(H,24,28)(H,25,27)/t16-/m1/s1. The molecule has 3 rings (SSSR count). The molecule has 31 heavy (non-hydrogen) atoms. The van der Waals surface area contributed by atoms with Crippen LogP contribution in [-0.2, 0) is 4.79 Å². The maximum absolute atomic E-state index is 12.7. The first-order valence-corrected chi connectivity index (χ1v) is 9.56. The predicted octanol–water partition coefficient (Wildman–Crippen LogP) is 4.10. The summed E-state index contributed by atoms with van der Waals surface area (Å²) < 4.78 is 5.36. The number of carbonyl (C=O) groups is 2. The van der Waals surface area contributed by atoms with Crippen molar-refractivity contribution in [1.82, 2.24) is 5.32 Å². The van der Waals surface area contributed by atoms with E-state index in [4.69, 9.17) is 4.74 Å². The van der Waals surface area contributed by atoms with Gasteiger partial charge in [-0.05, 0) is 36.8 Å². The third-order valence-corrected chi connectivity index (χ3v) is 4.51. The largest absolute Gasteiger partial charge is 0.484 e. The third-order valence-electron chi connectivity index (χ3n) is 4.51. The minimum Gasteiger partial charge on any atom is -0.484 e. The lowest BCUT2D eigenvalue weighted by atomic mass is 10.1. The Kier molecular flexibility index (Phi) is 6.95. The van der Waals surface area contributed by atoms with Gasteiger partial charge >= 0.3 is 0 Å². The van der Waals surface area contributed by atoms with Gasteiger partial charge in [0.15, 0.2) is 6.61 Å². The first kappa shape index (κ1) is 21.5. The van der Waals surface area contributed by atoms with E-state index in [-0.39, 0.29) is 24.2 Å². The van der Waals surface area contributed by atoms with Crippen molar-refractivity contribution in [2.24, 2.45) is 0 Å². The van der Waals surface area contributed by atoms with Crippen LogP contribution in [0.25, 0.3) is 0 Å². The number of non-ortho nitro benzene ring substituents is 1. The number of hydrogen-bond donors (Lipinski definition) is 2. The van der Waals surface area contributed by atoms with Gasteiger partial charge in [0.05, 0.1) is 22.2 Å². The monoisotopic (exact) mass is 419 g/mol. The fourth-order valence-electron chi connectivity index (χ4n) is 2.89. The highest BCUT2D eigenvalue weighted by Crippen LogP contribution is 2.19. The van der Waals surface area contributed by atoms with E-state index in [1.807, 2.05) is 37.3 Å². The molecule has 0 spiro atoms. The number of rotatable bonds is 8. The summed E-state index contributed by atoms with van der Waals surface area (Å²) in [7, 11) is 0. The minimum absolute atomic E-state index is 0.0681. The van der Waals surface area contributed by atoms with Crippen molar-refractivity contribution in [1.29, 1.82) is 0 Å². The normalized spacial score (nSPS) is 11.3. The van der Waals surface area contributed by atoms with Gasteiger partial charge < -0.3 is 15.4 Å². The van der Waals surface area contributed by atoms with Gasteiger partial charge in [-0.2, -0.15) is 0 Å². The van der Waals surface area contributed by atoms with Crippen LogP contribution in [0.5, 0.6) is 5.75 Å². The third kappa shape index (κ3) is 5.89. The molecule has 3 aromatic carbocycles. The van der Waals surface area contributed by atoms with Crippen LogP contribution >= 0.6 is 0 Å². The molecule has 0 saturated carbocycles. The highest BCUT2D eigenvalue weighted by molar-refractivity contribution is 6.04. The summed E-state index contributed by atoms with van der Waals surface area (Å²) in [5.74, 6) is -0.457. The number of para-hydroxylation sites is 1. The Labute approximate surface area is 179 Å². The van der Waals surface area contributed by atoms with Gasteiger partial charge in [0.2, 0.25) is 0 Å². The Morgan fingerprint density at radius 2 is 1.61 bits per heavy atom. The van der Waals surface area contributed by atoms with Crippen molar-refractivity contribution in [3.05, 3.63) is 100 Å². The molecule has 0 aromatic heterocycles. The van der Waals surface area contributed by atoms with E-state index >= 15 is 0 Å². The van der Waals surface area contributed by atoms with Gasteiger partial charge in [0.1, 0.15) is 5.75 Å². The van der Waals surface area contributed by atoms with Gasteiger partial charge in [-0.3, -0.25) is 19.7 Å². The fraction of sp³-hybridized carbons (Fsp3) is 0.130. The molecule has 0 heterocycles. The lowest BCUT2D eigenvalue weighted by molar-refractivity contribution is -0.384. The second-order valence-electron chi connectivity index (χ2n) is 6.74. The molecule has 1 atom stereocenters. The van der Waals surface area contributed by atoms with Crippen LogP contribution in [0, 0.1) is 10.1 Å². The van der Waals surface area contributed by atoms with Crippen molar-refractivity contribution in [3.63, 3.8) is 0 Å². The van der Waals surface area contributed by atoms with Gasteiger partial charge in [-0.1, -0.05) is 42.5 Å². The predicted molar refractivity (Wildman–Crippen MR) is 116 cm³/mol. The average molecular weight is 419 g/mol. The number of hydrogen-bond acceptors (Lipinski definition) is 5. The number of nitro benzene ring substituents is 1. The van der Waals surface area contributed by atoms with Gasteiger partial charge in [0, 0.05) is 12.1 Å². The minimum atomic E-state index is -0.517. The maximum atomic E-state index is 12.7. The Bertz CT molecular complexity index is 1070. The average Bonchev–Trinajstić information content (AvgIpc) is 2.79. The molecule has 0 aliphatic rings. The smallest absolute Gasteiger partial charge is 0.269 e. The van der Waals surface area contributed by atoms with Crippen LogP contribution in [0.2, 0.25) is 0 Å². The lowest BCUT2D eigenvalue weighted by Gasteiger charge is -2.16. The Morgan fingerprint density at radius 3 is 2.29 bits per heavy atom. The molecule has 3 aromatic rings. The summed E-state index contributed by atoms with van der Waals surface area (Å²) in [5, 5.41) is 16.3. The van der Waals surface area contributed by atoms with Gasteiger partial charge in [0.25, 0.3) is 17.5 Å². The zero-order valence-corrected chi connectivity index (χ0v) is 16.8. The van der Waals surface area contributed by atoms with Crippen molar-refractivity contribution in [2.45, 2.75) is 13.0 Å². The second-order valence-corrected chi connectivity index (χ2v) is 6.74. The highest BCUT2D eigenvalue weighted by atomic mass is 16.6. The summed E-state index contributed by atoms with van der Waals surface area (Å²) in [4.78, 5) is 35.2. The van der Waals surface area contributed by atoms with E-state index in [9.17, 15) is 19.7 Å². The van der Waals surface area contributed by atoms with E-state index < -0.39 is 10.8 Å².